The molecule has 0 aliphatic heterocycles. The predicted molar refractivity (Wildman–Crippen MR) is 93.5 cm³/mol. The van der Waals surface area contributed by atoms with Gasteiger partial charge in [0.15, 0.2) is 0 Å². The summed E-state index contributed by atoms with van der Waals surface area (Å²) in [7, 11) is 0. The van der Waals surface area contributed by atoms with E-state index in [2.05, 4.69) is 21.2 Å². The Hall–Kier alpha value is -1.72. The summed E-state index contributed by atoms with van der Waals surface area (Å²) in [4.78, 5) is 12.4. The van der Waals surface area contributed by atoms with Crippen molar-refractivity contribution in [3.8, 4) is 0 Å². The van der Waals surface area contributed by atoms with Crippen molar-refractivity contribution >= 4 is 44.7 Å². The van der Waals surface area contributed by atoms with E-state index in [1.54, 1.807) is 0 Å². The number of hydrogen-bond donors (Lipinski definition) is 2. The Morgan fingerprint density at radius 2 is 1.90 bits per heavy atom. The maximum Gasteiger partial charge on any atom is 0.228 e. The lowest BCUT2D eigenvalue weighted by Gasteiger charge is -2.09. The summed E-state index contributed by atoms with van der Waals surface area (Å²) < 4.78 is 0.866. The average Bonchev–Trinajstić information content (AvgIpc) is 2.43. The van der Waals surface area contributed by atoms with Gasteiger partial charge in [-0.1, -0.05) is 42.5 Å². The van der Waals surface area contributed by atoms with E-state index in [-0.39, 0.29) is 5.91 Å². The lowest BCUT2D eigenvalue weighted by molar-refractivity contribution is -0.115. The Kier molecular flexibility index (Phi) is 5.09. The van der Waals surface area contributed by atoms with Gasteiger partial charge in [-0.25, -0.2) is 0 Å². The molecule has 0 bridgehead atoms. The van der Waals surface area contributed by atoms with E-state index in [0.717, 1.165) is 26.9 Å². The van der Waals surface area contributed by atoms with Gasteiger partial charge in [-0.05, 0) is 46.1 Å². The quantitative estimate of drug-likeness (QED) is 0.817. The maximum atomic E-state index is 12.1. The summed E-state index contributed by atoms with van der Waals surface area (Å²) in [5, 5.41) is 2.90. The lowest BCUT2D eigenvalue weighted by atomic mass is 10.1. The molecule has 0 fully saturated rings. The van der Waals surface area contributed by atoms with Crippen molar-refractivity contribution in [1.29, 1.82) is 0 Å². The first kappa shape index (κ1) is 15.7. The third kappa shape index (κ3) is 4.37. The number of benzene rings is 2. The number of nitrogens with one attached hydrogen (secondary N) is 1. The first-order chi connectivity index (χ1) is 9.95. The third-order valence-corrected chi connectivity index (χ3v) is 3.93. The van der Waals surface area contributed by atoms with Gasteiger partial charge in [0.25, 0.3) is 0 Å². The second-order valence-corrected chi connectivity index (χ2v) is 6.06. The summed E-state index contributed by atoms with van der Waals surface area (Å²) in [5.41, 5.74) is 9.13. The van der Waals surface area contributed by atoms with Crippen molar-refractivity contribution in [3.05, 3.63) is 63.6 Å². The Bertz CT molecular complexity index is 683. The Balaban J connectivity index is 2.04. The van der Waals surface area contributed by atoms with Crippen molar-refractivity contribution in [3.63, 3.8) is 0 Å². The lowest BCUT2D eigenvalue weighted by Crippen LogP contribution is -2.15. The fourth-order valence-corrected chi connectivity index (χ4v) is 2.38. The summed E-state index contributed by atoms with van der Waals surface area (Å²) in [6.45, 7) is 1.98. The molecular weight excluding hydrogens is 348 g/mol. The van der Waals surface area contributed by atoms with Crippen molar-refractivity contribution < 1.29 is 4.79 Å². The summed E-state index contributed by atoms with van der Waals surface area (Å²) in [6, 6.07) is 13.2. The number of anilines is 1. The Morgan fingerprint density at radius 3 is 2.52 bits per heavy atom. The molecule has 0 unspecified atom stereocenters. The summed E-state index contributed by atoms with van der Waals surface area (Å²) >= 11 is 8.33. The van der Waals surface area contributed by atoms with Crippen LogP contribution >= 0.6 is 28.1 Å². The Morgan fingerprint density at radius 1 is 1.24 bits per heavy atom. The number of amides is 1. The maximum absolute atomic E-state index is 12.1. The molecule has 3 nitrogen and oxygen atoms in total. The summed E-state index contributed by atoms with van der Waals surface area (Å²) in [5.74, 6) is -0.0654. The van der Waals surface area contributed by atoms with Gasteiger partial charge in [0.05, 0.1) is 12.1 Å². The predicted octanol–water partition coefficient (Wildman–Crippen LogP) is 3.57. The molecule has 108 valence electrons. The smallest absolute Gasteiger partial charge is 0.228 e. The molecule has 0 saturated heterocycles. The van der Waals surface area contributed by atoms with Crippen LogP contribution in [0, 0.1) is 6.92 Å². The van der Waals surface area contributed by atoms with E-state index in [9.17, 15) is 4.79 Å². The standard InChI is InChI=1S/C16H15BrN2OS/c1-10-2-7-13(17)14(8-10)19-15(20)9-11-3-5-12(6-4-11)16(18)21/h2-8H,9H2,1H3,(H2,18,21)(H,19,20). The van der Waals surface area contributed by atoms with Crippen LogP contribution in [0.15, 0.2) is 46.9 Å². The number of thiocarbonyl (C=S) groups is 1. The van der Waals surface area contributed by atoms with Gasteiger partial charge in [0.1, 0.15) is 4.99 Å². The van der Waals surface area contributed by atoms with Gasteiger partial charge in [-0.3, -0.25) is 4.79 Å². The molecule has 2 aromatic carbocycles. The van der Waals surface area contributed by atoms with E-state index < -0.39 is 0 Å². The highest BCUT2D eigenvalue weighted by atomic mass is 79.9. The second-order valence-electron chi connectivity index (χ2n) is 4.77. The van der Waals surface area contributed by atoms with Crippen LogP contribution in [0.5, 0.6) is 0 Å². The highest BCUT2D eigenvalue weighted by molar-refractivity contribution is 9.10. The third-order valence-electron chi connectivity index (χ3n) is 3.00. The van der Waals surface area contributed by atoms with E-state index in [1.807, 2.05) is 49.4 Å². The molecule has 0 aromatic heterocycles. The zero-order chi connectivity index (χ0) is 15.4. The zero-order valence-corrected chi connectivity index (χ0v) is 13.9. The largest absolute Gasteiger partial charge is 0.389 e. The summed E-state index contributed by atoms with van der Waals surface area (Å²) in [6.07, 6.45) is 0.304. The first-order valence-electron chi connectivity index (χ1n) is 6.40. The van der Waals surface area contributed by atoms with Crippen LogP contribution in [0.3, 0.4) is 0 Å². The average molecular weight is 363 g/mol. The van der Waals surface area contributed by atoms with Crippen LogP contribution in [-0.2, 0) is 11.2 Å². The molecule has 5 heteroatoms. The fraction of sp³-hybridized carbons (Fsp3) is 0.125. The molecule has 0 spiro atoms. The van der Waals surface area contributed by atoms with Gasteiger partial charge in [-0.2, -0.15) is 0 Å². The molecule has 2 rings (SSSR count). The van der Waals surface area contributed by atoms with Crippen LogP contribution in [-0.4, -0.2) is 10.9 Å². The van der Waals surface area contributed by atoms with E-state index in [1.165, 1.54) is 0 Å². The van der Waals surface area contributed by atoms with Crippen LogP contribution < -0.4 is 11.1 Å². The van der Waals surface area contributed by atoms with Crippen molar-refractivity contribution in [1.82, 2.24) is 0 Å². The molecule has 0 aliphatic carbocycles. The van der Waals surface area contributed by atoms with Gasteiger partial charge < -0.3 is 11.1 Å². The van der Waals surface area contributed by atoms with Crippen LogP contribution in [0.2, 0.25) is 0 Å². The van der Waals surface area contributed by atoms with Gasteiger partial charge in [0, 0.05) is 10.0 Å². The van der Waals surface area contributed by atoms with Crippen LogP contribution in [0.25, 0.3) is 0 Å². The minimum absolute atomic E-state index is 0.0654. The van der Waals surface area contributed by atoms with Gasteiger partial charge >= 0.3 is 0 Å². The molecule has 0 aliphatic rings. The van der Waals surface area contributed by atoms with Gasteiger partial charge in [-0.15, -0.1) is 0 Å². The zero-order valence-electron chi connectivity index (χ0n) is 11.5. The van der Waals surface area contributed by atoms with Crippen LogP contribution in [0.1, 0.15) is 16.7 Å². The highest BCUT2D eigenvalue weighted by Crippen LogP contribution is 2.23. The molecule has 0 saturated carbocycles. The number of nitrogens with two attached hydrogens (primary N) is 1. The molecule has 0 radical (unpaired) electrons. The SMILES string of the molecule is Cc1ccc(Br)c(NC(=O)Cc2ccc(C(N)=S)cc2)c1. The fourth-order valence-electron chi connectivity index (χ4n) is 1.90. The molecule has 2 aromatic rings. The second kappa shape index (κ2) is 6.83. The molecule has 1 amide bonds. The highest BCUT2D eigenvalue weighted by Gasteiger charge is 2.07. The van der Waals surface area contributed by atoms with Gasteiger partial charge in [0.2, 0.25) is 5.91 Å². The van der Waals surface area contributed by atoms with E-state index in [0.29, 0.717) is 11.4 Å². The Labute approximate surface area is 137 Å². The number of aryl methyl sites for hydroxylation is 1. The number of carbonyl (C=O) groups excluding carboxylic acids is 1. The number of rotatable bonds is 4. The molecular formula is C16H15BrN2OS. The van der Waals surface area contributed by atoms with Crippen molar-refractivity contribution in [2.45, 2.75) is 13.3 Å². The first-order valence-corrected chi connectivity index (χ1v) is 7.60. The number of hydrogen-bond acceptors (Lipinski definition) is 2. The molecule has 21 heavy (non-hydrogen) atoms. The van der Waals surface area contributed by atoms with E-state index in [4.69, 9.17) is 18.0 Å². The van der Waals surface area contributed by atoms with Crippen LogP contribution in [0.4, 0.5) is 5.69 Å². The van der Waals surface area contributed by atoms with Crippen molar-refractivity contribution in [2.24, 2.45) is 5.73 Å². The van der Waals surface area contributed by atoms with Crippen molar-refractivity contribution in [2.75, 3.05) is 5.32 Å². The normalized spacial score (nSPS) is 10.2. The minimum Gasteiger partial charge on any atom is -0.389 e. The topological polar surface area (TPSA) is 55.1 Å². The number of halogens is 1. The molecule has 0 heterocycles. The minimum atomic E-state index is -0.0654. The number of carbonyl (C=O) groups is 1. The molecule has 0 atom stereocenters. The molecule has 3 N–H and O–H groups in total. The van der Waals surface area contributed by atoms with E-state index >= 15 is 0 Å². The monoisotopic (exact) mass is 362 g/mol.